The van der Waals surface area contributed by atoms with Crippen LogP contribution in [0.1, 0.15) is 303 Å². The van der Waals surface area contributed by atoms with Crippen LogP contribution in [-0.2, 0) is 42.2 Å². The molecule has 0 aromatic rings. The van der Waals surface area contributed by atoms with Crippen molar-refractivity contribution in [1.82, 2.24) is 0 Å². The van der Waals surface area contributed by atoms with Crippen LogP contribution in [0.3, 0.4) is 0 Å². The molecule has 2 N–H and O–H groups in total. The van der Waals surface area contributed by atoms with Crippen LogP contribution < -0.4 is 0 Å². The van der Waals surface area contributed by atoms with Crippen molar-refractivity contribution in [1.29, 1.82) is 0 Å². The van der Waals surface area contributed by atoms with Crippen molar-refractivity contribution in [2.75, 3.05) is 26.4 Å². The molecular formula is C64H117O11P. The van der Waals surface area contributed by atoms with Gasteiger partial charge in [-0.25, -0.2) is 4.57 Å². The third-order valence-electron chi connectivity index (χ3n) is 13.8. The second-order valence-electron chi connectivity index (χ2n) is 21.2. The molecule has 0 bridgehead atoms. The Balaban J connectivity index is 4.71. The predicted molar refractivity (Wildman–Crippen MR) is 316 cm³/mol. The van der Waals surface area contributed by atoms with Gasteiger partial charge in [-0.1, -0.05) is 288 Å². The number of aliphatic hydroxyl groups is 1. The van der Waals surface area contributed by atoms with Crippen molar-refractivity contribution >= 4 is 25.7 Å². The van der Waals surface area contributed by atoms with E-state index in [1.807, 2.05) is 12.2 Å². The Bertz CT molecular complexity index is 1460. The number of unbranched alkanes of at least 4 members (excludes halogenated alkanes) is 34. The molecule has 3 unspecified atom stereocenters. The molecule has 12 heteroatoms. The van der Waals surface area contributed by atoms with Gasteiger partial charge < -0.3 is 24.2 Å². The molecule has 0 aromatic heterocycles. The standard InChI is InChI=1S/C64H117O11P/c1-4-7-10-13-16-19-22-25-27-29-30-32-34-37-40-43-46-49-52-55-64(68)75-61(57-71-62(66)53-50-47-44-41-38-36-33-31-28-26-23-20-17-14-11-8-5-2)59-73-76(69,70)72-58-60(56-65)74-63(67)54-51-48-45-42-39-35-24-21-18-15-12-9-6-3/h9,12,18,21,35,39,45,48,60-61,65H,4-8,10-11,13-17,19-20,22-34,36-38,40-44,46-47,49-59H2,1-3H3,(H,69,70)/b12-9-,21-18-,39-35-,48-45-. The van der Waals surface area contributed by atoms with Gasteiger partial charge in [0.05, 0.1) is 19.8 Å². The molecule has 0 heterocycles. The molecule has 11 nitrogen and oxygen atoms in total. The van der Waals surface area contributed by atoms with Crippen molar-refractivity contribution in [2.24, 2.45) is 0 Å². The number of phosphoric acid groups is 1. The van der Waals surface area contributed by atoms with Crippen LogP contribution in [0.4, 0.5) is 0 Å². The normalized spacial score (nSPS) is 13.6. The maximum absolute atomic E-state index is 12.9. The molecule has 0 rings (SSSR count). The van der Waals surface area contributed by atoms with Crippen LogP contribution in [0, 0.1) is 0 Å². The smallest absolute Gasteiger partial charge is 0.462 e. The van der Waals surface area contributed by atoms with E-state index in [1.54, 1.807) is 0 Å². The Labute approximate surface area is 466 Å². The highest BCUT2D eigenvalue weighted by molar-refractivity contribution is 7.47. The number of ether oxygens (including phenoxy) is 3. The Kier molecular flexibility index (Phi) is 56.6. The first-order valence-corrected chi connectivity index (χ1v) is 33.0. The van der Waals surface area contributed by atoms with E-state index in [-0.39, 0.29) is 25.9 Å². The predicted octanol–water partition coefficient (Wildman–Crippen LogP) is 18.9. The van der Waals surface area contributed by atoms with Crippen LogP contribution in [0.2, 0.25) is 0 Å². The lowest BCUT2D eigenvalue weighted by molar-refractivity contribution is -0.161. The number of hydrogen-bond acceptors (Lipinski definition) is 10. The van der Waals surface area contributed by atoms with Gasteiger partial charge in [0.15, 0.2) is 6.10 Å². The number of aliphatic hydroxyl groups excluding tert-OH is 1. The summed E-state index contributed by atoms with van der Waals surface area (Å²) >= 11 is 0. The van der Waals surface area contributed by atoms with Gasteiger partial charge in [-0.05, 0) is 44.9 Å². The van der Waals surface area contributed by atoms with E-state index < -0.39 is 57.8 Å². The molecule has 0 aliphatic carbocycles. The summed E-state index contributed by atoms with van der Waals surface area (Å²) in [4.78, 5) is 48.6. The summed E-state index contributed by atoms with van der Waals surface area (Å²) in [7, 11) is -4.76. The Morgan fingerprint density at radius 3 is 1.05 bits per heavy atom. The van der Waals surface area contributed by atoms with Crippen LogP contribution in [0.25, 0.3) is 0 Å². The van der Waals surface area contributed by atoms with E-state index in [4.69, 9.17) is 23.3 Å². The first-order valence-electron chi connectivity index (χ1n) is 31.5. The molecule has 0 aliphatic heterocycles. The fraction of sp³-hybridized carbons (Fsp3) is 0.828. The van der Waals surface area contributed by atoms with E-state index in [9.17, 15) is 28.9 Å². The molecule has 0 aliphatic rings. The quantitative estimate of drug-likeness (QED) is 0.0197. The van der Waals surface area contributed by atoms with E-state index in [0.717, 1.165) is 64.2 Å². The zero-order valence-corrected chi connectivity index (χ0v) is 50.1. The van der Waals surface area contributed by atoms with Gasteiger partial charge in [-0.15, -0.1) is 0 Å². The van der Waals surface area contributed by atoms with Crippen molar-refractivity contribution < 1.29 is 52.2 Å². The maximum Gasteiger partial charge on any atom is 0.472 e. The van der Waals surface area contributed by atoms with Crippen molar-refractivity contribution in [3.63, 3.8) is 0 Å². The monoisotopic (exact) mass is 1090 g/mol. The van der Waals surface area contributed by atoms with Gasteiger partial charge in [0.2, 0.25) is 0 Å². The fourth-order valence-corrected chi connectivity index (χ4v) is 9.80. The molecule has 0 spiro atoms. The zero-order valence-electron chi connectivity index (χ0n) is 49.2. The largest absolute Gasteiger partial charge is 0.472 e. The fourth-order valence-electron chi connectivity index (χ4n) is 9.02. The first-order chi connectivity index (χ1) is 37.2. The third-order valence-corrected chi connectivity index (χ3v) is 14.7. The minimum atomic E-state index is -4.76. The average molecular weight is 1090 g/mol. The number of phosphoric ester groups is 1. The van der Waals surface area contributed by atoms with Crippen molar-refractivity contribution in [3.05, 3.63) is 48.6 Å². The van der Waals surface area contributed by atoms with Gasteiger partial charge >= 0.3 is 25.7 Å². The van der Waals surface area contributed by atoms with E-state index in [2.05, 4.69) is 57.2 Å². The molecule has 3 atom stereocenters. The van der Waals surface area contributed by atoms with E-state index >= 15 is 0 Å². The van der Waals surface area contributed by atoms with E-state index in [0.29, 0.717) is 19.3 Å². The number of esters is 3. The molecule has 0 fully saturated rings. The van der Waals surface area contributed by atoms with E-state index in [1.165, 1.54) is 180 Å². The molecule has 0 saturated carbocycles. The average Bonchev–Trinajstić information content (AvgIpc) is 3.41. The van der Waals surface area contributed by atoms with Crippen LogP contribution in [0.15, 0.2) is 48.6 Å². The lowest BCUT2D eigenvalue weighted by Crippen LogP contribution is -2.30. The second-order valence-corrected chi connectivity index (χ2v) is 22.7. The molecule has 0 aromatic carbocycles. The van der Waals surface area contributed by atoms with Crippen molar-refractivity contribution in [2.45, 2.75) is 315 Å². The third kappa shape index (κ3) is 56.2. The van der Waals surface area contributed by atoms with Crippen LogP contribution in [-0.4, -0.2) is 66.5 Å². The van der Waals surface area contributed by atoms with Gasteiger partial charge in [0, 0.05) is 19.3 Å². The molecule has 0 radical (unpaired) electrons. The van der Waals surface area contributed by atoms with Crippen LogP contribution in [0.5, 0.6) is 0 Å². The Morgan fingerprint density at radius 2 is 0.684 bits per heavy atom. The SMILES string of the molecule is CC/C=C\C/C=C\C/C=C\C/C=C\CCC(=O)OC(CO)COP(=O)(O)OCC(COC(=O)CCCCCCCCCCCCCCCCCCC)OC(=O)CCCCCCCCCCCCCCCCCCCCC. The van der Waals surface area contributed by atoms with Gasteiger partial charge in [0.1, 0.15) is 12.7 Å². The summed E-state index contributed by atoms with van der Waals surface area (Å²) in [6, 6.07) is 0. The van der Waals surface area contributed by atoms with Gasteiger partial charge in [-0.3, -0.25) is 23.4 Å². The number of hydrogen-bond donors (Lipinski definition) is 2. The minimum Gasteiger partial charge on any atom is -0.462 e. The Hall–Kier alpha value is -2.56. The summed E-state index contributed by atoms with van der Waals surface area (Å²) in [5.41, 5.74) is 0. The molecule has 76 heavy (non-hydrogen) atoms. The summed E-state index contributed by atoms with van der Waals surface area (Å²) in [5.74, 6) is -1.53. The van der Waals surface area contributed by atoms with Crippen LogP contribution >= 0.6 is 7.82 Å². The summed E-state index contributed by atoms with van der Waals surface area (Å²) < 4.78 is 39.6. The number of allylic oxidation sites excluding steroid dienone is 8. The number of carbonyl (C=O) groups excluding carboxylic acids is 3. The number of rotatable bonds is 59. The molecule has 444 valence electrons. The number of carbonyl (C=O) groups is 3. The maximum atomic E-state index is 12.9. The summed E-state index contributed by atoms with van der Waals surface area (Å²) in [5, 5.41) is 9.81. The molecule has 0 saturated heterocycles. The molecular weight excluding hydrogens is 976 g/mol. The Morgan fingerprint density at radius 1 is 0.382 bits per heavy atom. The highest BCUT2D eigenvalue weighted by atomic mass is 31.2. The van der Waals surface area contributed by atoms with Gasteiger partial charge in [-0.2, -0.15) is 0 Å². The second kappa shape index (κ2) is 58.6. The van der Waals surface area contributed by atoms with Gasteiger partial charge in [0.25, 0.3) is 0 Å². The summed E-state index contributed by atoms with van der Waals surface area (Å²) in [6.45, 7) is 4.51. The highest BCUT2D eigenvalue weighted by Crippen LogP contribution is 2.43. The zero-order chi connectivity index (χ0) is 55.5. The minimum absolute atomic E-state index is 0.0584. The lowest BCUT2D eigenvalue weighted by Gasteiger charge is -2.21. The lowest BCUT2D eigenvalue weighted by atomic mass is 10.0. The highest BCUT2D eigenvalue weighted by Gasteiger charge is 2.28. The summed E-state index contributed by atoms with van der Waals surface area (Å²) in [6.07, 6.45) is 63.8. The van der Waals surface area contributed by atoms with Crippen molar-refractivity contribution in [3.8, 4) is 0 Å². The first kappa shape index (κ1) is 73.4. The topological polar surface area (TPSA) is 155 Å². The molecule has 0 amide bonds.